The highest BCUT2D eigenvalue weighted by atomic mass is 35.5. The first kappa shape index (κ1) is 25.8. The minimum atomic E-state index is -1.15. The Morgan fingerprint density at radius 3 is 2.69 bits per heavy atom. The van der Waals surface area contributed by atoms with Crippen molar-refractivity contribution >= 4 is 45.7 Å². The summed E-state index contributed by atoms with van der Waals surface area (Å²) in [5, 5.41) is 14.6. The summed E-state index contributed by atoms with van der Waals surface area (Å²) in [5.41, 5.74) is 1.12. The van der Waals surface area contributed by atoms with Gasteiger partial charge < -0.3 is 23.7 Å². The maximum atomic E-state index is 13.5. The van der Waals surface area contributed by atoms with Gasteiger partial charge in [-0.2, -0.15) is 9.78 Å². The number of nitrogens with zero attached hydrogens (tertiary/aromatic N) is 3. The van der Waals surface area contributed by atoms with E-state index in [0.717, 1.165) is 10.1 Å². The number of hydrogen-bond acceptors (Lipinski definition) is 8. The third kappa shape index (κ3) is 5.14. The van der Waals surface area contributed by atoms with Crippen molar-refractivity contribution in [3.8, 4) is 28.8 Å². The Morgan fingerprint density at radius 1 is 1.10 bits per heavy atom. The fraction of sp³-hybridized carbons (Fsp3) is 0.143. The lowest BCUT2D eigenvalue weighted by atomic mass is 10.2. The van der Waals surface area contributed by atoms with Gasteiger partial charge in [0.25, 0.3) is 5.56 Å². The van der Waals surface area contributed by atoms with Crippen LogP contribution >= 0.6 is 11.6 Å². The van der Waals surface area contributed by atoms with Crippen LogP contribution in [0.5, 0.6) is 17.2 Å². The van der Waals surface area contributed by atoms with E-state index >= 15 is 0 Å². The molecule has 198 valence electrons. The number of aliphatic carboxylic acids is 1. The van der Waals surface area contributed by atoms with Gasteiger partial charge in [-0.1, -0.05) is 29.8 Å². The zero-order valence-corrected chi connectivity index (χ0v) is 21.6. The van der Waals surface area contributed by atoms with Crippen LogP contribution in [0.15, 0.2) is 75.0 Å². The van der Waals surface area contributed by atoms with Crippen molar-refractivity contribution < 1.29 is 28.5 Å². The number of furan rings is 1. The lowest BCUT2D eigenvalue weighted by Gasteiger charge is -2.13. The lowest BCUT2D eigenvalue weighted by molar-refractivity contribution is -0.139. The van der Waals surface area contributed by atoms with E-state index in [-0.39, 0.29) is 29.0 Å². The SMILES string of the molecule is CCOc1cc(C=Nn2c(-c3cc4c(OC)cccc4o3)nc3ccccc3c2=O)cc(Cl)c1OCC(=O)O. The number of methoxy groups -OCH3 is 1. The van der Waals surface area contributed by atoms with Gasteiger partial charge in [-0.15, -0.1) is 0 Å². The first-order valence-corrected chi connectivity index (χ1v) is 12.2. The summed E-state index contributed by atoms with van der Waals surface area (Å²) in [6, 6.07) is 17.2. The van der Waals surface area contributed by atoms with Gasteiger partial charge in [-0.25, -0.2) is 9.78 Å². The number of rotatable bonds is 9. The van der Waals surface area contributed by atoms with Crippen LogP contribution in [-0.2, 0) is 4.79 Å². The second-order valence-corrected chi connectivity index (χ2v) is 8.65. The summed E-state index contributed by atoms with van der Waals surface area (Å²) >= 11 is 6.38. The highest BCUT2D eigenvalue weighted by Gasteiger charge is 2.18. The van der Waals surface area contributed by atoms with E-state index in [9.17, 15) is 9.59 Å². The van der Waals surface area contributed by atoms with E-state index in [1.807, 2.05) is 6.07 Å². The quantitative estimate of drug-likeness (QED) is 0.249. The molecule has 0 saturated heterocycles. The molecular weight excluding hydrogens is 526 g/mol. The number of ether oxygens (including phenoxy) is 3. The lowest BCUT2D eigenvalue weighted by Crippen LogP contribution is -2.20. The van der Waals surface area contributed by atoms with Crippen LogP contribution in [0, 0.1) is 0 Å². The van der Waals surface area contributed by atoms with Crippen LogP contribution in [0.4, 0.5) is 0 Å². The molecular formula is C28H22ClN3O7. The molecule has 0 spiro atoms. The maximum absolute atomic E-state index is 13.5. The number of benzene rings is 3. The third-order valence-corrected chi connectivity index (χ3v) is 5.99. The third-order valence-electron chi connectivity index (χ3n) is 5.71. The predicted molar refractivity (Wildman–Crippen MR) is 147 cm³/mol. The van der Waals surface area contributed by atoms with Gasteiger partial charge in [0.1, 0.15) is 11.3 Å². The molecule has 5 aromatic rings. The van der Waals surface area contributed by atoms with E-state index < -0.39 is 18.1 Å². The number of carbonyl (C=O) groups is 1. The molecule has 0 aliphatic rings. The average Bonchev–Trinajstić information content (AvgIpc) is 3.36. The molecule has 2 heterocycles. The number of aromatic nitrogens is 2. The number of halogens is 1. The van der Waals surface area contributed by atoms with Gasteiger partial charge in [0.05, 0.1) is 41.2 Å². The Morgan fingerprint density at radius 2 is 1.92 bits per heavy atom. The largest absolute Gasteiger partial charge is 0.496 e. The summed E-state index contributed by atoms with van der Waals surface area (Å²) in [5.74, 6) is 0.300. The molecule has 11 heteroatoms. The van der Waals surface area contributed by atoms with Crippen LogP contribution < -0.4 is 19.8 Å². The molecule has 0 atom stereocenters. The minimum Gasteiger partial charge on any atom is -0.496 e. The molecule has 0 fully saturated rings. The number of hydrogen-bond donors (Lipinski definition) is 1. The fourth-order valence-corrected chi connectivity index (χ4v) is 4.31. The van der Waals surface area contributed by atoms with Crippen LogP contribution in [0.1, 0.15) is 12.5 Å². The minimum absolute atomic E-state index is 0.0968. The summed E-state index contributed by atoms with van der Waals surface area (Å²) < 4.78 is 23.5. The van der Waals surface area contributed by atoms with Gasteiger partial charge in [0, 0.05) is 0 Å². The number of carboxylic acid groups (broad SMARTS) is 1. The van der Waals surface area contributed by atoms with Crippen LogP contribution in [-0.4, -0.2) is 47.3 Å². The van der Waals surface area contributed by atoms with Gasteiger partial charge >= 0.3 is 5.97 Å². The van der Waals surface area contributed by atoms with E-state index in [1.165, 1.54) is 12.3 Å². The zero-order valence-electron chi connectivity index (χ0n) is 20.9. The topological polar surface area (TPSA) is 125 Å². The van der Waals surface area contributed by atoms with Gasteiger partial charge in [0.2, 0.25) is 5.82 Å². The number of carboxylic acids is 1. The smallest absolute Gasteiger partial charge is 0.341 e. The van der Waals surface area contributed by atoms with Gasteiger partial charge in [-0.05, 0) is 55.0 Å². The molecule has 10 nitrogen and oxygen atoms in total. The van der Waals surface area contributed by atoms with Crippen molar-refractivity contribution in [2.45, 2.75) is 6.92 Å². The van der Waals surface area contributed by atoms with E-state index in [4.69, 9.17) is 35.3 Å². The fourth-order valence-electron chi connectivity index (χ4n) is 4.04. The standard InChI is InChI=1S/C28H22ClN3O7/c1-3-37-23-12-16(11-19(29)26(23)38-15-25(33)34)14-30-32-27(31-20-8-5-4-7-17(20)28(32)35)24-13-18-21(36-2)9-6-10-22(18)39-24/h4-14H,3,15H2,1-2H3,(H,33,34). The van der Waals surface area contributed by atoms with Crippen LogP contribution in [0.2, 0.25) is 5.02 Å². The van der Waals surface area contributed by atoms with Crippen molar-refractivity contribution in [3.05, 3.63) is 81.6 Å². The van der Waals surface area contributed by atoms with Crippen LogP contribution in [0.25, 0.3) is 33.5 Å². The van der Waals surface area contributed by atoms with Crippen molar-refractivity contribution in [2.24, 2.45) is 5.10 Å². The summed E-state index contributed by atoms with van der Waals surface area (Å²) in [6.45, 7) is 1.47. The molecule has 3 aromatic carbocycles. The van der Waals surface area contributed by atoms with E-state index in [0.29, 0.717) is 33.6 Å². The Balaban J connectivity index is 1.64. The molecule has 0 unspecified atom stereocenters. The molecule has 0 amide bonds. The zero-order chi connectivity index (χ0) is 27.5. The van der Waals surface area contributed by atoms with E-state index in [1.54, 1.807) is 62.6 Å². The summed E-state index contributed by atoms with van der Waals surface area (Å²) in [6.07, 6.45) is 1.42. The molecule has 0 radical (unpaired) electrons. The number of para-hydroxylation sites is 1. The monoisotopic (exact) mass is 547 g/mol. The second-order valence-electron chi connectivity index (χ2n) is 8.24. The van der Waals surface area contributed by atoms with Crippen molar-refractivity contribution in [3.63, 3.8) is 0 Å². The van der Waals surface area contributed by atoms with Crippen LogP contribution in [0.3, 0.4) is 0 Å². The molecule has 39 heavy (non-hydrogen) atoms. The summed E-state index contributed by atoms with van der Waals surface area (Å²) in [7, 11) is 1.57. The second kappa shape index (κ2) is 10.9. The molecule has 2 aromatic heterocycles. The molecule has 5 rings (SSSR count). The molecule has 0 bridgehead atoms. The highest BCUT2D eigenvalue weighted by Crippen LogP contribution is 2.37. The van der Waals surface area contributed by atoms with Gasteiger partial charge in [0.15, 0.2) is 23.9 Å². The molecule has 1 N–H and O–H groups in total. The Hall–Kier alpha value is -4.83. The van der Waals surface area contributed by atoms with Crippen molar-refractivity contribution in [1.82, 2.24) is 9.66 Å². The Labute approximate surface area is 226 Å². The first-order valence-electron chi connectivity index (χ1n) is 11.8. The van der Waals surface area contributed by atoms with Crippen molar-refractivity contribution in [2.75, 3.05) is 20.3 Å². The van der Waals surface area contributed by atoms with Crippen molar-refractivity contribution in [1.29, 1.82) is 0 Å². The Kier molecular flexibility index (Phi) is 7.20. The Bertz CT molecular complexity index is 1790. The first-order chi connectivity index (χ1) is 18.9. The molecule has 0 aliphatic heterocycles. The van der Waals surface area contributed by atoms with Gasteiger partial charge in [-0.3, -0.25) is 4.79 Å². The predicted octanol–water partition coefficient (Wildman–Crippen LogP) is 5.22. The summed E-state index contributed by atoms with van der Waals surface area (Å²) in [4.78, 5) is 29.2. The average molecular weight is 548 g/mol. The highest BCUT2D eigenvalue weighted by molar-refractivity contribution is 6.32. The van der Waals surface area contributed by atoms with E-state index in [2.05, 4.69) is 10.1 Å². The number of fused-ring (bicyclic) bond motifs is 2. The molecule has 0 aliphatic carbocycles. The maximum Gasteiger partial charge on any atom is 0.341 e. The normalized spacial score (nSPS) is 11.4. The molecule has 0 saturated carbocycles.